The molecule has 0 N–H and O–H groups in total. The summed E-state index contributed by atoms with van der Waals surface area (Å²) >= 11 is 0. The molecule has 0 unspecified atom stereocenters. The summed E-state index contributed by atoms with van der Waals surface area (Å²) in [7, 11) is 1.02. The maximum Gasteiger partial charge on any atom is 0.573 e. The maximum absolute atomic E-state index is 12.7. The van der Waals surface area contributed by atoms with Crippen LogP contribution in [0.1, 0.15) is 37.4 Å². The highest BCUT2D eigenvalue weighted by molar-refractivity contribution is 5.96. The molecule has 0 spiro atoms. The van der Waals surface area contributed by atoms with E-state index in [0.717, 1.165) is 36.4 Å². The van der Waals surface area contributed by atoms with E-state index in [0.29, 0.717) is 6.42 Å². The van der Waals surface area contributed by atoms with E-state index < -0.39 is 29.6 Å². The van der Waals surface area contributed by atoms with Crippen molar-refractivity contribution in [2.75, 3.05) is 7.11 Å². The SMILES string of the molecule is COC(=O)c1ccc(C(=O)Oc2ccc(Cc3ccc(C)cc3)cc2)cc1OC(F)(F)F. The standard InChI is InChI=1S/C24H19F3O5/c1-15-3-5-16(6-4-15)13-17-7-10-19(11-8-17)31-22(28)18-9-12-20(23(29)30-2)21(14-18)32-24(25,26)27/h3-12,14H,13H2,1-2H3. The number of hydrogen-bond acceptors (Lipinski definition) is 5. The summed E-state index contributed by atoms with van der Waals surface area (Å²) in [6.45, 7) is 2.01. The van der Waals surface area contributed by atoms with Crippen LogP contribution in [-0.4, -0.2) is 25.4 Å². The van der Waals surface area contributed by atoms with Crippen molar-refractivity contribution in [3.8, 4) is 11.5 Å². The highest BCUT2D eigenvalue weighted by atomic mass is 19.4. The first-order chi connectivity index (χ1) is 15.1. The van der Waals surface area contributed by atoms with Gasteiger partial charge in [0.1, 0.15) is 17.1 Å². The van der Waals surface area contributed by atoms with Crippen LogP contribution in [-0.2, 0) is 11.2 Å². The van der Waals surface area contributed by atoms with Crippen molar-refractivity contribution in [1.82, 2.24) is 0 Å². The number of rotatable bonds is 6. The van der Waals surface area contributed by atoms with Gasteiger partial charge in [-0.15, -0.1) is 13.2 Å². The topological polar surface area (TPSA) is 61.8 Å². The molecule has 8 heteroatoms. The molecule has 3 aromatic rings. The quantitative estimate of drug-likeness (QED) is 0.372. The molecule has 0 aliphatic rings. The predicted molar refractivity (Wildman–Crippen MR) is 110 cm³/mol. The molecule has 5 nitrogen and oxygen atoms in total. The van der Waals surface area contributed by atoms with E-state index in [1.807, 2.05) is 31.2 Å². The van der Waals surface area contributed by atoms with Crippen LogP contribution in [0.5, 0.6) is 11.5 Å². The summed E-state index contributed by atoms with van der Waals surface area (Å²) in [4.78, 5) is 24.1. The zero-order valence-corrected chi connectivity index (χ0v) is 17.2. The average Bonchev–Trinajstić information content (AvgIpc) is 2.75. The molecule has 166 valence electrons. The van der Waals surface area contributed by atoms with Crippen molar-refractivity contribution in [2.45, 2.75) is 19.7 Å². The van der Waals surface area contributed by atoms with Crippen molar-refractivity contribution in [3.05, 3.63) is 94.5 Å². The molecule has 0 bridgehead atoms. The van der Waals surface area contributed by atoms with Crippen LogP contribution in [0.15, 0.2) is 66.7 Å². The Morgan fingerprint density at radius 3 is 2.00 bits per heavy atom. The predicted octanol–water partition coefficient (Wildman–Crippen LogP) is 5.49. The Bertz CT molecular complexity index is 1100. The molecular weight excluding hydrogens is 425 g/mol. The van der Waals surface area contributed by atoms with E-state index in [1.165, 1.54) is 5.56 Å². The Labute approximate surface area is 182 Å². The molecular formula is C24H19F3O5. The number of alkyl halides is 3. The van der Waals surface area contributed by atoms with E-state index in [9.17, 15) is 22.8 Å². The Morgan fingerprint density at radius 1 is 0.844 bits per heavy atom. The third-order valence-corrected chi connectivity index (χ3v) is 4.51. The lowest BCUT2D eigenvalue weighted by Gasteiger charge is -2.13. The number of halogens is 3. The summed E-state index contributed by atoms with van der Waals surface area (Å²) in [5, 5.41) is 0. The van der Waals surface area contributed by atoms with Gasteiger partial charge in [0.05, 0.1) is 12.7 Å². The number of ether oxygens (including phenoxy) is 3. The highest BCUT2D eigenvalue weighted by Gasteiger charge is 2.33. The number of carbonyl (C=O) groups is 2. The molecule has 0 radical (unpaired) electrons. The first kappa shape index (κ1) is 22.9. The Morgan fingerprint density at radius 2 is 1.44 bits per heavy atom. The lowest BCUT2D eigenvalue weighted by atomic mass is 10.0. The molecule has 0 saturated heterocycles. The van der Waals surface area contributed by atoms with E-state index in [2.05, 4.69) is 9.47 Å². The van der Waals surface area contributed by atoms with Gasteiger partial charge in [-0.1, -0.05) is 42.0 Å². The van der Waals surface area contributed by atoms with Gasteiger partial charge in [0.15, 0.2) is 0 Å². The van der Waals surface area contributed by atoms with E-state index in [-0.39, 0.29) is 11.3 Å². The Balaban J connectivity index is 1.74. The average molecular weight is 444 g/mol. The fourth-order valence-corrected chi connectivity index (χ4v) is 2.92. The van der Waals surface area contributed by atoms with Gasteiger partial charge in [-0.25, -0.2) is 9.59 Å². The smallest absolute Gasteiger partial charge is 0.465 e. The second-order valence-electron chi connectivity index (χ2n) is 6.95. The molecule has 32 heavy (non-hydrogen) atoms. The minimum atomic E-state index is -5.06. The summed E-state index contributed by atoms with van der Waals surface area (Å²) in [6.07, 6.45) is -4.36. The van der Waals surface area contributed by atoms with E-state index in [1.54, 1.807) is 24.3 Å². The van der Waals surface area contributed by atoms with Gasteiger partial charge in [0.2, 0.25) is 0 Å². The molecule has 0 heterocycles. The fraction of sp³-hybridized carbons (Fsp3) is 0.167. The monoisotopic (exact) mass is 444 g/mol. The van der Waals surface area contributed by atoms with Gasteiger partial charge in [-0.3, -0.25) is 0 Å². The Hall–Kier alpha value is -3.81. The van der Waals surface area contributed by atoms with Crippen molar-refractivity contribution < 1.29 is 37.0 Å². The minimum Gasteiger partial charge on any atom is -0.465 e. The molecule has 0 aliphatic carbocycles. The third kappa shape index (κ3) is 6.10. The van der Waals surface area contributed by atoms with Gasteiger partial charge in [0, 0.05) is 0 Å². The first-order valence-electron chi connectivity index (χ1n) is 9.49. The van der Waals surface area contributed by atoms with E-state index >= 15 is 0 Å². The molecule has 0 atom stereocenters. The number of benzene rings is 3. The summed E-state index contributed by atoms with van der Waals surface area (Å²) in [5.74, 6) is -2.57. The number of carbonyl (C=O) groups excluding carboxylic acids is 2. The molecule has 0 aromatic heterocycles. The second-order valence-corrected chi connectivity index (χ2v) is 6.95. The van der Waals surface area contributed by atoms with Gasteiger partial charge in [-0.2, -0.15) is 0 Å². The van der Waals surface area contributed by atoms with Crippen LogP contribution in [0.4, 0.5) is 13.2 Å². The molecule has 0 fully saturated rings. The molecule has 3 rings (SSSR count). The number of aryl methyl sites for hydroxylation is 1. The lowest BCUT2D eigenvalue weighted by Crippen LogP contribution is -2.20. The number of hydrogen-bond donors (Lipinski definition) is 0. The first-order valence-corrected chi connectivity index (χ1v) is 9.49. The van der Waals surface area contributed by atoms with Crippen molar-refractivity contribution in [2.24, 2.45) is 0 Å². The second kappa shape index (κ2) is 9.55. The summed E-state index contributed by atoms with van der Waals surface area (Å²) < 4.78 is 51.6. The van der Waals surface area contributed by atoms with Crippen LogP contribution in [0, 0.1) is 6.92 Å². The van der Waals surface area contributed by atoms with E-state index in [4.69, 9.17) is 4.74 Å². The van der Waals surface area contributed by atoms with Crippen LogP contribution >= 0.6 is 0 Å². The van der Waals surface area contributed by atoms with Crippen molar-refractivity contribution >= 4 is 11.9 Å². The molecule has 0 amide bonds. The maximum atomic E-state index is 12.7. The van der Waals surface area contributed by atoms with Crippen LogP contribution < -0.4 is 9.47 Å². The molecule has 0 aliphatic heterocycles. The summed E-state index contributed by atoms with van der Waals surface area (Å²) in [6, 6.07) is 17.8. The summed E-state index contributed by atoms with van der Waals surface area (Å²) in [5.41, 5.74) is 2.60. The van der Waals surface area contributed by atoms with Gasteiger partial charge >= 0.3 is 18.3 Å². The van der Waals surface area contributed by atoms with Crippen LogP contribution in [0.25, 0.3) is 0 Å². The molecule has 0 saturated carbocycles. The van der Waals surface area contributed by atoms with Gasteiger partial charge in [-0.05, 0) is 54.8 Å². The number of esters is 2. The lowest BCUT2D eigenvalue weighted by molar-refractivity contribution is -0.274. The Kier molecular flexibility index (Phi) is 6.82. The normalized spacial score (nSPS) is 11.0. The van der Waals surface area contributed by atoms with Crippen LogP contribution in [0.2, 0.25) is 0 Å². The minimum absolute atomic E-state index is 0.220. The highest BCUT2D eigenvalue weighted by Crippen LogP contribution is 2.29. The third-order valence-electron chi connectivity index (χ3n) is 4.51. The van der Waals surface area contributed by atoms with Gasteiger partial charge < -0.3 is 14.2 Å². The number of methoxy groups -OCH3 is 1. The fourth-order valence-electron chi connectivity index (χ4n) is 2.92. The zero-order chi connectivity index (χ0) is 23.3. The van der Waals surface area contributed by atoms with Crippen molar-refractivity contribution in [3.63, 3.8) is 0 Å². The van der Waals surface area contributed by atoms with Crippen LogP contribution in [0.3, 0.4) is 0 Å². The van der Waals surface area contributed by atoms with Crippen molar-refractivity contribution in [1.29, 1.82) is 0 Å². The molecule has 3 aromatic carbocycles. The zero-order valence-electron chi connectivity index (χ0n) is 17.2. The largest absolute Gasteiger partial charge is 0.573 e. The van der Waals surface area contributed by atoms with Gasteiger partial charge in [0.25, 0.3) is 0 Å².